The first-order valence-electron chi connectivity index (χ1n) is 5.69. The fourth-order valence-corrected chi connectivity index (χ4v) is 2.67. The van der Waals surface area contributed by atoms with Gasteiger partial charge in [0.25, 0.3) is 0 Å². The van der Waals surface area contributed by atoms with Crippen LogP contribution < -0.4 is 0 Å². The number of hydrogen-bond acceptors (Lipinski definition) is 4. The van der Waals surface area contributed by atoms with Crippen LogP contribution in [0.5, 0.6) is 0 Å². The zero-order chi connectivity index (χ0) is 14.1. The lowest BCUT2D eigenvalue weighted by Crippen LogP contribution is -1.99. The van der Waals surface area contributed by atoms with E-state index >= 15 is 0 Å². The van der Waals surface area contributed by atoms with Gasteiger partial charge in [-0.3, -0.25) is 0 Å². The Balaban J connectivity index is 2.20. The van der Waals surface area contributed by atoms with E-state index in [1.54, 1.807) is 24.3 Å². The Labute approximate surface area is 123 Å². The Morgan fingerprint density at radius 3 is 2.70 bits per heavy atom. The van der Waals surface area contributed by atoms with Gasteiger partial charge in [0.05, 0.1) is 9.90 Å². The lowest BCUT2D eigenvalue weighted by molar-refractivity contribution is 0.0691. The Morgan fingerprint density at radius 1 is 1.25 bits per heavy atom. The quantitative estimate of drug-likeness (QED) is 0.778. The predicted octanol–water partition coefficient (Wildman–Crippen LogP) is 4.42. The van der Waals surface area contributed by atoms with E-state index in [9.17, 15) is 9.90 Å². The van der Waals surface area contributed by atoms with Crippen LogP contribution in [0.15, 0.2) is 46.2 Å². The van der Waals surface area contributed by atoms with Gasteiger partial charge in [0.15, 0.2) is 11.5 Å². The average Bonchev–Trinajstić information content (AvgIpc) is 3.08. The molecule has 6 heteroatoms. The van der Waals surface area contributed by atoms with Gasteiger partial charge >= 0.3 is 5.97 Å². The average molecular weight is 306 g/mol. The van der Waals surface area contributed by atoms with Crippen molar-refractivity contribution in [1.82, 2.24) is 4.98 Å². The summed E-state index contributed by atoms with van der Waals surface area (Å²) in [5.74, 6) is -0.690. The summed E-state index contributed by atoms with van der Waals surface area (Å²) in [6.07, 6.45) is 0. The molecule has 20 heavy (non-hydrogen) atoms. The molecule has 2 aromatic heterocycles. The molecular formula is C14H8ClNO3S. The number of halogens is 1. The number of oxazole rings is 1. The molecule has 4 nitrogen and oxygen atoms in total. The van der Waals surface area contributed by atoms with Crippen LogP contribution in [0.1, 0.15) is 10.5 Å². The van der Waals surface area contributed by atoms with Crippen molar-refractivity contribution in [2.45, 2.75) is 0 Å². The number of nitrogens with zero attached hydrogens (tertiary/aromatic N) is 1. The molecule has 0 fully saturated rings. The van der Waals surface area contributed by atoms with E-state index in [0.29, 0.717) is 10.6 Å². The number of aromatic nitrogens is 1. The van der Waals surface area contributed by atoms with Crippen molar-refractivity contribution < 1.29 is 14.3 Å². The van der Waals surface area contributed by atoms with Crippen molar-refractivity contribution in [3.05, 3.63) is 52.5 Å². The molecule has 3 aromatic rings. The third kappa shape index (κ3) is 2.21. The second-order valence-corrected chi connectivity index (χ2v) is 5.31. The molecule has 0 saturated heterocycles. The van der Waals surface area contributed by atoms with Gasteiger partial charge < -0.3 is 9.52 Å². The Kier molecular flexibility index (Phi) is 3.30. The second-order valence-electron chi connectivity index (χ2n) is 3.96. The van der Waals surface area contributed by atoms with E-state index < -0.39 is 5.97 Å². The summed E-state index contributed by atoms with van der Waals surface area (Å²) in [5.41, 5.74) is 0.378. The first-order valence-corrected chi connectivity index (χ1v) is 6.95. The van der Waals surface area contributed by atoms with Crippen molar-refractivity contribution in [1.29, 1.82) is 0 Å². The van der Waals surface area contributed by atoms with E-state index in [1.807, 2.05) is 17.5 Å². The minimum atomic E-state index is -1.15. The van der Waals surface area contributed by atoms with Gasteiger partial charge in [-0.15, -0.1) is 11.3 Å². The molecule has 0 saturated carbocycles. The maximum atomic E-state index is 11.3. The molecule has 0 aliphatic rings. The van der Waals surface area contributed by atoms with E-state index in [1.165, 1.54) is 11.3 Å². The molecule has 0 radical (unpaired) electrons. The highest BCUT2D eigenvalue weighted by Gasteiger charge is 2.23. The Hall–Kier alpha value is -2.11. The number of carboxylic acid groups (broad SMARTS) is 1. The first kappa shape index (κ1) is 12.9. The lowest BCUT2D eigenvalue weighted by atomic mass is 10.1. The highest BCUT2D eigenvalue weighted by molar-refractivity contribution is 7.13. The second kappa shape index (κ2) is 5.11. The number of thiophene rings is 1. The molecule has 0 amide bonds. The Bertz CT molecular complexity index is 765. The summed E-state index contributed by atoms with van der Waals surface area (Å²) in [7, 11) is 0. The third-order valence-corrected chi connectivity index (χ3v) is 3.87. The maximum Gasteiger partial charge on any atom is 0.358 e. The van der Waals surface area contributed by atoms with Crippen molar-refractivity contribution in [2.75, 3.05) is 0 Å². The highest BCUT2D eigenvalue weighted by Crippen LogP contribution is 2.35. The molecule has 3 rings (SSSR count). The number of rotatable bonds is 3. The van der Waals surface area contributed by atoms with Crippen molar-refractivity contribution >= 4 is 28.9 Å². The number of carboxylic acids is 1. The third-order valence-electron chi connectivity index (χ3n) is 2.68. The van der Waals surface area contributed by atoms with Gasteiger partial charge in [-0.25, -0.2) is 9.78 Å². The van der Waals surface area contributed by atoms with Gasteiger partial charge in [-0.1, -0.05) is 29.8 Å². The molecule has 0 spiro atoms. The maximum absolute atomic E-state index is 11.3. The van der Waals surface area contributed by atoms with Crippen LogP contribution in [0, 0.1) is 0 Å². The molecule has 2 heterocycles. The minimum absolute atomic E-state index is 0.137. The van der Waals surface area contributed by atoms with Crippen molar-refractivity contribution in [3.63, 3.8) is 0 Å². The number of hydrogen-bond donors (Lipinski definition) is 1. The largest absolute Gasteiger partial charge is 0.476 e. The normalized spacial score (nSPS) is 10.7. The molecule has 100 valence electrons. The van der Waals surface area contributed by atoms with Gasteiger partial charge in [0.1, 0.15) is 0 Å². The fourth-order valence-electron chi connectivity index (χ4n) is 1.80. The van der Waals surface area contributed by atoms with Gasteiger partial charge in [-0.2, -0.15) is 0 Å². The van der Waals surface area contributed by atoms with Crippen LogP contribution >= 0.6 is 22.9 Å². The van der Waals surface area contributed by atoms with Crippen molar-refractivity contribution in [2.24, 2.45) is 0 Å². The highest BCUT2D eigenvalue weighted by atomic mass is 35.5. The van der Waals surface area contributed by atoms with Crippen LogP contribution in [0.25, 0.3) is 22.1 Å². The summed E-state index contributed by atoms with van der Waals surface area (Å²) < 4.78 is 5.62. The molecule has 1 aromatic carbocycles. The molecule has 0 atom stereocenters. The van der Waals surface area contributed by atoms with E-state index in [2.05, 4.69) is 4.98 Å². The van der Waals surface area contributed by atoms with E-state index in [-0.39, 0.29) is 17.3 Å². The SMILES string of the molecule is O=C(O)c1nc(-c2cccs2)oc1-c1ccccc1Cl. The number of carbonyl (C=O) groups is 1. The first-order chi connectivity index (χ1) is 9.66. The van der Waals surface area contributed by atoms with Crippen LogP contribution in [-0.2, 0) is 0 Å². The van der Waals surface area contributed by atoms with E-state index in [4.69, 9.17) is 16.0 Å². The minimum Gasteiger partial charge on any atom is -0.476 e. The van der Waals surface area contributed by atoms with Gasteiger partial charge in [0, 0.05) is 5.56 Å². The molecule has 0 unspecified atom stereocenters. The summed E-state index contributed by atoms with van der Waals surface area (Å²) in [6.45, 7) is 0. The molecular weight excluding hydrogens is 298 g/mol. The Morgan fingerprint density at radius 2 is 2.05 bits per heavy atom. The van der Waals surface area contributed by atoms with Gasteiger partial charge in [-0.05, 0) is 23.6 Å². The van der Waals surface area contributed by atoms with Crippen molar-refractivity contribution in [3.8, 4) is 22.1 Å². The zero-order valence-corrected chi connectivity index (χ0v) is 11.6. The zero-order valence-electron chi connectivity index (χ0n) is 10.0. The predicted molar refractivity (Wildman–Crippen MR) is 77.2 cm³/mol. The standard InChI is InChI=1S/C14H8ClNO3S/c15-9-5-2-1-4-8(9)12-11(14(17)18)16-13(19-12)10-6-3-7-20-10/h1-7H,(H,17,18). The monoisotopic (exact) mass is 305 g/mol. The number of benzene rings is 1. The van der Waals surface area contributed by atoms with Crippen LogP contribution in [-0.4, -0.2) is 16.1 Å². The molecule has 1 N–H and O–H groups in total. The fraction of sp³-hybridized carbons (Fsp3) is 0. The summed E-state index contributed by atoms with van der Waals surface area (Å²) in [5, 5.41) is 11.6. The topological polar surface area (TPSA) is 63.3 Å². The van der Waals surface area contributed by atoms with Crippen LogP contribution in [0.4, 0.5) is 0 Å². The summed E-state index contributed by atoms with van der Waals surface area (Å²) >= 11 is 7.52. The number of aromatic carboxylic acids is 1. The van der Waals surface area contributed by atoms with Gasteiger partial charge in [0.2, 0.25) is 5.89 Å². The van der Waals surface area contributed by atoms with Crippen LogP contribution in [0.3, 0.4) is 0 Å². The molecule has 0 bridgehead atoms. The molecule has 0 aliphatic heterocycles. The molecule has 0 aliphatic carbocycles. The van der Waals surface area contributed by atoms with Crippen LogP contribution in [0.2, 0.25) is 5.02 Å². The van der Waals surface area contributed by atoms with E-state index in [0.717, 1.165) is 4.88 Å². The summed E-state index contributed by atoms with van der Waals surface area (Å²) in [4.78, 5) is 16.2. The lowest BCUT2D eigenvalue weighted by Gasteiger charge is -2.00. The smallest absolute Gasteiger partial charge is 0.358 e. The summed E-state index contributed by atoms with van der Waals surface area (Å²) in [6, 6.07) is 10.6.